The van der Waals surface area contributed by atoms with E-state index in [4.69, 9.17) is 0 Å². The molecule has 1 fully saturated rings. The van der Waals surface area contributed by atoms with E-state index in [1.807, 2.05) is 41.3 Å². The Morgan fingerprint density at radius 3 is 2.38 bits per heavy atom. The zero-order valence-electron chi connectivity index (χ0n) is 16.8. The molecule has 5 rings (SSSR count). The number of hydrogen-bond acceptors (Lipinski definition) is 2. The molecule has 29 heavy (non-hydrogen) atoms. The number of rotatable bonds is 2. The summed E-state index contributed by atoms with van der Waals surface area (Å²) in [5, 5.41) is 3.37. The van der Waals surface area contributed by atoms with Crippen LogP contribution in [0.1, 0.15) is 77.5 Å². The third-order valence-electron chi connectivity index (χ3n) is 6.92. The number of fused-ring (bicyclic) bond motifs is 4. The summed E-state index contributed by atoms with van der Waals surface area (Å²) in [6, 6.07) is 16.0. The molecule has 1 N–H and O–H groups in total. The lowest BCUT2D eigenvalue weighted by Crippen LogP contribution is -2.51. The zero-order valence-corrected chi connectivity index (χ0v) is 16.8. The van der Waals surface area contributed by atoms with Gasteiger partial charge in [-0.25, -0.2) is 0 Å². The van der Waals surface area contributed by atoms with Crippen LogP contribution in [0, 0.1) is 0 Å². The second-order valence-electron chi connectivity index (χ2n) is 8.65. The van der Waals surface area contributed by atoms with Crippen LogP contribution in [0.5, 0.6) is 0 Å². The molecule has 3 aliphatic rings. The zero-order chi connectivity index (χ0) is 19.8. The summed E-state index contributed by atoms with van der Waals surface area (Å²) in [6.07, 6.45) is 7.85. The quantitative estimate of drug-likeness (QED) is 0.777. The number of nitrogens with one attached hydrogen (secondary N) is 1. The molecular formula is C25H28N2O2. The van der Waals surface area contributed by atoms with E-state index in [2.05, 4.69) is 17.4 Å². The Labute approximate surface area is 172 Å². The van der Waals surface area contributed by atoms with Crippen LogP contribution >= 0.6 is 0 Å². The van der Waals surface area contributed by atoms with E-state index in [0.717, 1.165) is 30.4 Å². The van der Waals surface area contributed by atoms with Gasteiger partial charge in [-0.15, -0.1) is 0 Å². The van der Waals surface area contributed by atoms with Gasteiger partial charge in [0.1, 0.15) is 0 Å². The maximum Gasteiger partial charge on any atom is 0.254 e. The predicted octanol–water partition coefficient (Wildman–Crippen LogP) is 4.36. The first-order valence-corrected chi connectivity index (χ1v) is 11.0. The second kappa shape index (κ2) is 7.66. The minimum atomic E-state index is -0.353. The van der Waals surface area contributed by atoms with Crippen molar-refractivity contribution in [2.45, 2.75) is 62.9 Å². The van der Waals surface area contributed by atoms with Gasteiger partial charge in [0.05, 0.1) is 12.0 Å². The van der Waals surface area contributed by atoms with Gasteiger partial charge in [0.15, 0.2) is 0 Å². The van der Waals surface area contributed by atoms with Gasteiger partial charge in [-0.05, 0) is 42.0 Å². The Hall–Kier alpha value is -2.62. The first-order valence-electron chi connectivity index (χ1n) is 11.0. The van der Waals surface area contributed by atoms with Gasteiger partial charge in [0.2, 0.25) is 5.91 Å². The first-order chi connectivity index (χ1) is 14.2. The van der Waals surface area contributed by atoms with Crippen molar-refractivity contribution in [3.05, 3.63) is 70.8 Å². The minimum Gasteiger partial charge on any atom is -0.353 e. The fourth-order valence-corrected chi connectivity index (χ4v) is 5.47. The molecule has 1 saturated carbocycles. The Balaban J connectivity index is 1.56. The van der Waals surface area contributed by atoms with Crippen LogP contribution in [-0.4, -0.2) is 29.3 Å². The summed E-state index contributed by atoms with van der Waals surface area (Å²) in [5.41, 5.74) is 3.95. The van der Waals surface area contributed by atoms with E-state index in [1.54, 1.807) is 0 Å². The highest BCUT2D eigenvalue weighted by atomic mass is 16.2. The summed E-state index contributed by atoms with van der Waals surface area (Å²) in [4.78, 5) is 28.9. The molecule has 0 unspecified atom stereocenters. The molecule has 0 saturated heterocycles. The summed E-state index contributed by atoms with van der Waals surface area (Å²) in [6.45, 7) is 0.669. The molecule has 2 aliphatic heterocycles. The maximum absolute atomic E-state index is 13.7. The highest BCUT2D eigenvalue weighted by Crippen LogP contribution is 2.46. The summed E-state index contributed by atoms with van der Waals surface area (Å²) >= 11 is 0. The van der Waals surface area contributed by atoms with E-state index in [-0.39, 0.29) is 29.8 Å². The van der Waals surface area contributed by atoms with Crippen molar-refractivity contribution in [3.8, 4) is 0 Å². The Morgan fingerprint density at radius 1 is 0.897 bits per heavy atom. The van der Waals surface area contributed by atoms with Crippen LogP contribution in [0.2, 0.25) is 0 Å². The molecule has 0 spiro atoms. The van der Waals surface area contributed by atoms with Crippen LogP contribution in [0.3, 0.4) is 0 Å². The average Bonchev–Trinajstić information content (AvgIpc) is 3.02. The van der Waals surface area contributed by atoms with Gasteiger partial charge < -0.3 is 10.2 Å². The Morgan fingerprint density at radius 2 is 1.59 bits per heavy atom. The van der Waals surface area contributed by atoms with Crippen LogP contribution in [-0.2, 0) is 11.2 Å². The number of carbonyl (C=O) groups excluding carboxylic acids is 2. The fraction of sp³-hybridized carbons (Fsp3) is 0.440. The standard InChI is InChI=1S/C25H28N2O2/c28-24(26-18-10-3-1-2-4-11-18)22-20-13-7-8-14-21(20)25(29)27-16-15-17-9-5-6-12-19(17)23(22)27/h5-9,12-14,18,22-23H,1-4,10-11,15-16H2,(H,26,28)/t22-,23-/m0/s1. The van der Waals surface area contributed by atoms with E-state index < -0.39 is 0 Å². The van der Waals surface area contributed by atoms with Crippen molar-refractivity contribution < 1.29 is 9.59 Å². The van der Waals surface area contributed by atoms with Crippen molar-refractivity contribution in [2.24, 2.45) is 0 Å². The van der Waals surface area contributed by atoms with Gasteiger partial charge in [-0.3, -0.25) is 9.59 Å². The lowest BCUT2D eigenvalue weighted by molar-refractivity contribution is -0.125. The molecule has 2 atom stereocenters. The smallest absolute Gasteiger partial charge is 0.254 e. The van der Waals surface area contributed by atoms with Crippen LogP contribution in [0.4, 0.5) is 0 Å². The molecule has 0 aromatic heterocycles. The number of hydrogen-bond donors (Lipinski definition) is 1. The Kier molecular flexibility index (Phi) is 4.86. The lowest BCUT2D eigenvalue weighted by Gasteiger charge is -2.45. The molecule has 4 nitrogen and oxygen atoms in total. The van der Waals surface area contributed by atoms with Crippen LogP contribution in [0.25, 0.3) is 0 Å². The number of amides is 2. The van der Waals surface area contributed by atoms with Crippen molar-refractivity contribution in [3.63, 3.8) is 0 Å². The van der Waals surface area contributed by atoms with Crippen molar-refractivity contribution >= 4 is 11.8 Å². The molecule has 2 aromatic carbocycles. The van der Waals surface area contributed by atoms with Crippen molar-refractivity contribution in [1.82, 2.24) is 10.2 Å². The molecule has 0 radical (unpaired) electrons. The predicted molar refractivity (Wildman–Crippen MR) is 113 cm³/mol. The largest absolute Gasteiger partial charge is 0.353 e. The normalized spacial score (nSPS) is 24.1. The van der Waals surface area contributed by atoms with E-state index in [0.29, 0.717) is 12.1 Å². The van der Waals surface area contributed by atoms with Gasteiger partial charge in [-0.1, -0.05) is 68.1 Å². The van der Waals surface area contributed by atoms with Crippen LogP contribution < -0.4 is 5.32 Å². The molecule has 4 heteroatoms. The lowest BCUT2D eigenvalue weighted by atomic mass is 9.75. The maximum atomic E-state index is 13.7. The second-order valence-corrected chi connectivity index (χ2v) is 8.65. The monoisotopic (exact) mass is 388 g/mol. The van der Waals surface area contributed by atoms with Gasteiger partial charge >= 0.3 is 0 Å². The fourth-order valence-electron chi connectivity index (χ4n) is 5.47. The van der Waals surface area contributed by atoms with E-state index in [1.165, 1.54) is 31.2 Å². The number of nitrogens with zero attached hydrogens (tertiary/aromatic N) is 1. The highest BCUT2D eigenvalue weighted by molar-refractivity contribution is 6.01. The average molecular weight is 389 g/mol. The third kappa shape index (κ3) is 3.25. The SMILES string of the molecule is O=C(NC1CCCCCC1)[C@H]1c2ccccc2C(=O)N2CCc3ccccc3[C@@H]12. The number of carbonyl (C=O) groups is 2. The van der Waals surface area contributed by atoms with E-state index in [9.17, 15) is 9.59 Å². The number of benzene rings is 2. The van der Waals surface area contributed by atoms with Gasteiger partial charge in [-0.2, -0.15) is 0 Å². The molecule has 2 heterocycles. The highest BCUT2D eigenvalue weighted by Gasteiger charge is 2.46. The molecular weight excluding hydrogens is 360 g/mol. The van der Waals surface area contributed by atoms with Crippen molar-refractivity contribution in [1.29, 1.82) is 0 Å². The van der Waals surface area contributed by atoms with Gasteiger partial charge in [0.25, 0.3) is 5.91 Å². The molecule has 0 bridgehead atoms. The first kappa shape index (κ1) is 18.4. The molecule has 150 valence electrons. The Bertz CT molecular complexity index is 930. The minimum absolute atomic E-state index is 0.0543. The summed E-state index contributed by atoms with van der Waals surface area (Å²) < 4.78 is 0. The molecule has 1 aliphatic carbocycles. The van der Waals surface area contributed by atoms with Gasteiger partial charge in [0, 0.05) is 18.2 Å². The van der Waals surface area contributed by atoms with Crippen LogP contribution in [0.15, 0.2) is 48.5 Å². The van der Waals surface area contributed by atoms with E-state index >= 15 is 0 Å². The third-order valence-corrected chi connectivity index (χ3v) is 6.92. The topological polar surface area (TPSA) is 49.4 Å². The molecule has 2 aromatic rings. The molecule has 2 amide bonds. The van der Waals surface area contributed by atoms with Crippen molar-refractivity contribution in [2.75, 3.05) is 6.54 Å². The summed E-state index contributed by atoms with van der Waals surface area (Å²) in [7, 11) is 0. The summed E-state index contributed by atoms with van der Waals surface area (Å²) in [5.74, 6) is -0.226.